The minimum absolute atomic E-state index is 0.118. The molecule has 3 rings (SSSR count). The van der Waals surface area contributed by atoms with E-state index in [9.17, 15) is 17.6 Å². The lowest BCUT2D eigenvalue weighted by atomic mass is 10.1. The number of carbonyl (C=O) groups is 1. The first-order chi connectivity index (χ1) is 12.5. The minimum Gasteiger partial charge on any atom is -0.343 e. The van der Waals surface area contributed by atoms with Crippen LogP contribution in [-0.4, -0.2) is 74.2 Å². The van der Waals surface area contributed by atoms with Gasteiger partial charge in [0.1, 0.15) is 5.82 Å². The molecule has 0 aliphatic carbocycles. The van der Waals surface area contributed by atoms with Gasteiger partial charge >= 0.3 is 0 Å². The van der Waals surface area contributed by atoms with Crippen molar-refractivity contribution in [1.29, 1.82) is 0 Å². The lowest BCUT2D eigenvalue weighted by Gasteiger charge is -2.34. The van der Waals surface area contributed by atoms with Crippen molar-refractivity contribution in [3.63, 3.8) is 0 Å². The van der Waals surface area contributed by atoms with Crippen LogP contribution in [0.25, 0.3) is 0 Å². The second-order valence-electron chi connectivity index (χ2n) is 6.89. The van der Waals surface area contributed by atoms with Gasteiger partial charge in [0, 0.05) is 52.2 Å². The number of hydrogen-bond acceptors (Lipinski definition) is 4. The predicted octanol–water partition coefficient (Wildman–Crippen LogP) is 1.53. The maximum atomic E-state index is 13.0. The van der Waals surface area contributed by atoms with Gasteiger partial charge in [0.25, 0.3) is 0 Å². The van der Waals surface area contributed by atoms with E-state index in [-0.39, 0.29) is 10.8 Å². The Balaban J connectivity index is 1.47. The Morgan fingerprint density at radius 1 is 0.923 bits per heavy atom. The molecular formula is C18H26FN3O3S. The highest BCUT2D eigenvalue weighted by atomic mass is 32.2. The lowest BCUT2D eigenvalue weighted by molar-refractivity contribution is -0.132. The first-order valence-electron chi connectivity index (χ1n) is 9.23. The summed E-state index contributed by atoms with van der Waals surface area (Å²) >= 11 is 0. The molecule has 26 heavy (non-hydrogen) atoms. The number of likely N-dealkylation sites (tertiary alicyclic amines) is 1. The molecule has 1 aromatic rings. The van der Waals surface area contributed by atoms with Gasteiger partial charge in [0.2, 0.25) is 15.9 Å². The molecule has 0 atom stereocenters. The van der Waals surface area contributed by atoms with Crippen LogP contribution in [0.15, 0.2) is 29.2 Å². The standard InChI is InChI=1S/C18H26FN3O3S/c19-16-4-6-17(7-5-16)26(24,25)22-14-12-20(13-15-22)11-8-18(23)21-9-2-1-3-10-21/h4-7H,1-3,8-15H2. The molecule has 144 valence electrons. The fourth-order valence-electron chi connectivity index (χ4n) is 3.50. The molecule has 0 spiro atoms. The van der Waals surface area contributed by atoms with E-state index >= 15 is 0 Å². The third kappa shape index (κ3) is 4.61. The van der Waals surface area contributed by atoms with Crippen molar-refractivity contribution in [2.24, 2.45) is 0 Å². The van der Waals surface area contributed by atoms with Gasteiger partial charge in [0.05, 0.1) is 4.90 Å². The van der Waals surface area contributed by atoms with Crippen LogP contribution in [0.1, 0.15) is 25.7 Å². The Hall–Kier alpha value is -1.51. The van der Waals surface area contributed by atoms with Gasteiger partial charge in [-0.1, -0.05) is 0 Å². The summed E-state index contributed by atoms with van der Waals surface area (Å²) in [6, 6.07) is 4.92. The van der Waals surface area contributed by atoms with Gasteiger partial charge in [-0.2, -0.15) is 4.31 Å². The number of carbonyl (C=O) groups excluding carboxylic acids is 1. The summed E-state index contributed by atoms with van der Waals surface area (Å²) in [5.41, 5.74) is 0. The van der Waals surface area contributed by atoms with Crippen LogP contribution < -0.4 is 0 Å². The number of benzene rings is 1. The molecule has 0 saturated carbocycles. The normalized spacial score (nSPS) is 20.3. The molecule has 2 aliphatic rings. The monoisotopic (exact) mass is 383 g/mol. The highest BCUT2D eigenvalue weighted by Crippen LogP contribution is 2.18. The Morgan fingerprint density at radius 3 is 2.15 bits per heavy atom. The van der Waals surface area contributed by atoms with Crippen LogP contribution >= 0.6 is 0 Å². The summed E-state index contributed by atoms with van der Waals surface area (Å²) in [6.45, 7) is 4.38. The van der Waals surface area contributed by atoms with Crippen LogP contribution in [-0.2, 0) is 14.8 Å². The van der Waals surface area contributed by atoms with Crippen molar-refractivity contribution in [2.45, 2.75) is 30.6 Å². The summed E-state index contributed by atoms with van der Waals surface area (Å²) in [4.78, 5) is 16.4. The Kier molecular flexibility index (Phi) is 6.26. The Morgan fingerprint density at radius 2 is 1.54 bits per heavy atom. The molecule has 2 heterocycles. The van der Waals surface area contributed by atoms with Gasteiger partial charge in [0.15, 0.2) is 0 Å². The molecule has 0 radical (unpaired) electrons. The first kappa shape index (κ1) is 19.3. The zero-order valence-electron chi connectivity index (χ0n) is 14.9. The average Bonchev–Trinajstić information content (AvgIpc) is 2.67. The van der Waals surface area contributed by atoms with Gasteiger partial charge in [-0.25, -0.2) is 12.8 Å². The summed E-state index contributed by atoms with van der Waals surface area (Å²) in [5, 5.41) is 0. The third-order valence-corrected chi connectivity index (χ3v) is 7.05. The molecular weight excluding hydrogens is 357 g/mol. The van der Waals surface area contributed by atoms with E-state index in [4.69, 9.17) is 0 Å². The molecule has 0 N–H and O–H groups in total. The van der Waals surface area contributed by atoms with E-state index in [0.717, 1.165) is 38.1 Å². The van der Waals surface area contributed by atoms with E-state index in [1.165, 1.54) is 22.9 Å². The van der Waals surface area contributed by atoms with Crippen LogP contribution in [0.2, 0.25) is 0 Å². The number of piperazine rings is 1. The fraction of sp³-hybridized carbons (Fsp3) is 0.611. The zero-order valence-corrected chi connectivity index (χ0v) is 15.8. The largest absolute Gasteiger partial charge is 0.343 e. The van der Waals surface area contributed by atoms with E-state index < -0.39 is 15.8 Å². The predicted molar refractivity (Wildman–Crippen MR) is 96.6 cm³/mol. The van der Waals surface area contributed by atoms with Gasteiger partial charge < -0.3 is 9.80 Å². The number of sulfonamides is 1. The average molecular weight is 383 g/mol. The number of piperidine rings is 1. The maximum absolute atomic E-state index is 13.0. The molecule has 2 saturated heterocycles. The summed E-state index contributed by atoms with van der Waals surface area (Å²) in [6.07, 6.45) is 3.87. The molecule has 8 heteroatoms. The number of amides is 1. The molecule has 0 aromatic heterocycles. The molecule has 2 aliphatic heterocycles. The second-order valence-corrected chi connectivity index (χ2v) is 8.83. The van der Waals surface area contributed by atoms with Gasteiger partial charge in [-0.3, -0.25) is 4.79 Å². The van der Waals surface area contributed by atoms with E-state index in [1.54, 1.807) is 0 Å². The zero-order chi connectivity index (χ0) is 18.6. The minimum atomic E-state index is -3.59. The summed E-state index contributed by atoms with van der Waals surface area (Å²) in [5.74, 6) is -0.252. The number of rotatable bonds is 5. The summed E-state index contributed by atoms with van der Waals surface area (Å²) in [7, 11) is -3.59. The first-order valence-corrected chi connectivity index (χ1v) is 10.7. The molecule has 2 fully saturated rings. The van der Waals surface area contributed by atoms with Crippen LogP contribution in [0.3, 0.4) is 0 Å². The molecule has 1 amide bonds. The number of halogens is 1. The quantitative estimate of drug-likeness (QED) is 0.774. The van der Waals surface area contributed by atoms with Crippen molar-refractivity contribution < 1.29 is 17.6 Å². The summed E-state index contributed by atoms with van der Waals surface area (Å²) < 4.78 is 39.6. The third-order valence-electron chi connectivity index (χ3n) is 5.13. The molecule has 6 nitrogen and oxygen atoms in total. The van der Waals surface area contributed by atoms with Crippen molar-refractivity contribution in [3.05, 3.63) is 30.1 Å². The number of hydrogen-bond donors (Lipinski definition) is 0. The second kappa shape index (κ2) is 8.45. The van der Waals surface area contributed by atoms with Crippen LogP contribution in [0, 0.1) is 5.82 Å². The molecule has 0 bridgehead atoms. The van der Waals surface area contributed by atoms with Crippen LogP contribution in [0.4, 0.5) is 4.39 Å². The van der Waals surface area contributed by atoms with E-state index in [0.29, 0.717) is 39.1 Å². The highest BCUT2D eigenvalue weighted by Gasteiger charge is 2.28. The highest BCUT2D eigenvalue weighted by molar-refractivity contribution is 7.89. The molecule has 1 aromatic carbocycles. The Labute approximate surface area is 154 Å². The van der Waals surface area contributed by atoms with Gasteiger partial charge in [-0.15, -0.1) is 0 Å². The smallest absolute Gasteiger partial charge is 0.243 e. The number of nitrogens with zero attached hydrogens (tertiary/aromatic N) is 3. The van der Waals surface area contributed by atoms with Crippen molar-refractivity contribution in [1.82, 2.24) is 14.1 Å². The van der Waals surface area contributed by atoms with Gasteiger partial charge in [-0.05, 0) is 43.5 Å². The van der Waals surface area contributed by atoms with E-state index in [2.05, 4.69) is 4.90 Å². The van der Waals surface area contributed by atoms with E-state index in [1.807, 2.05) is 4.90 Å². The lowest BCUT2D eigenvalue weighted by Crippen LogP contribution is -2.49. The topological polar surface area (TPSA) is 60.9 Å². The Bertz CT molecular complexity index is 710. The fourth-order valence-corrected chi connectivity index (χ4v) is 4.93. The van der Waals surface area contributed by atoms with Crippen molar-refractivity contribution in [2.75, 3.05) is 45.8 Å². The van der Waals surface area contributed by atoms with Crippen LogP contribution in [0.5, 0.6) is 0 Å². The van der Waals surface area contributed by atoms with Crippen molar-refractivity contribution >= 4 is 15.9 Å². The maximum Gasteiger partial charge on any atom is 0.243 e. The SMILES string of the molecule is O=C(CCN1CCN(S(=O)(=O)c2ccc(F)cc2)CC1)N1CCCCC1. The van der Waals surface area contributed by atoms with Crippen molar-refractivity contribution in [3.8, 4) is 0 Å². The molecule has 0 unspecified atom stereocenters.